The fourth-order valence-corrected chi connectivity index (χ4v) is 4.92. The molecule has 1 aromatic carbocycles. The number of aryl methyl sites for hydroxylation is 2. The Labute approximate surface area is 116 Å². The molecular weight excluding hydrogens is 258 g/mol. The van der Waals surface area contributed by atoms with Gasteiger partial charge in [0.1, 0.15) is 0 Å². The van der Waals surface area contributed by atoms with Gasteiger partial charge in [0.2, 0.25) is 10.0 Å². The molecule has 1 saturated heterocycles. The third-order valence-electron chi connectivity index (χ3n) is 3.80. The fourth-order valence-electron chi connectivity index (χ4n) is 2.93. The lowest BCUT2D eigenvalue weighted by Crippen LogP contribution is -2.42. The second-order valence-corrected chi connectivity index (χ2v) is 7.94. The average molecular weight is 281 g/mol. The molecule has 1 aliphatic rings. The van der Waals surface area contributed by atoms with Crippen molar-refractivity contribution in [2.75, 3.05) is 13.1 Å². The van der Waals surface area contributed by atoms with Crippen LogP contribution in [0.3, 0.4) is 0 Å². The summed E-state index contributed by atoms with van der Waals surface area (Å²) in [7, 11) is -3.35. The number of hydrogen-bond acceptors (Lipinski definition) is 2. The summed E-state index contributed by atoms with van der Waals surface area (Å²) in [4.78, 5) is 0.466. The van der Waals surface area contributed by atoms with Gasteiger partial charge in [-0.15, -0.1) is 0 Å². The van der Waals surface area contributed by atoms with Gasteiger partial charge in [0.05, 0.1) is 4.90 Å². The minimum atomic E-state index is -3.35. The molecule has 1 heterocycles. The van der Waals surface area contributed by atoms with Gasteiger partial charge in [0.15, 0.2) is 0 Å². The number of nitrogens with zero attached hydrogens (tertiary/aromatic N) is 1. The zero-order valence-electron chi connectivity index (χ0n) is 12.2. The van der Waals surface area contributed by atoms with E-state index in [0.29, 0.717) is 29.8 Å². The highest BCUT2D eigenvalue weighted by molar-refractivity contribution is 7.89. The zero-order chi connectivity index (χ0) is 14.2. The Hall–Kier alpha value is -0.870. The Bertz CT molecular complexity index is 556. The molecule has 4 heteroatoms. The molecule has 0 radical (unpaired) electrons. The summed E-state index contributed by atoms with van der Waals surface area (Å²) in [6.07, 6.45) is 1.11. The molecule has 0 amide bonds. The molecule has 3 nitrogen and oxygen atoms in total. The van der Waals surface area contributed by atoms with E-state index in [1.165, 1.54) is 0 Å². The van der Waals surface area contributed by atoms with Crippen LogP contribution in [0, 0.1) is 25.7 Å². The van der Waals surface area contributed by atoms with Crippen LogP contribution >= 0.6 is 0 Å². The van der Waals surface area contributed by atoms with Crippen LogP contribution in [0.2, 0.25) is 0 Å². The van der Waals surface area contributed by atoms with Gasteiger partial charge in [-0.05, 0) is 49.3 Å². The minimum absolute atomic E-state index is 0.434. The summed E-state index contributed by atoms with van der Waals surface area (Å²) in [5.74, 6) is 0.868. The molecule has 106 valence electrons. The number of hydrogen-bond donors (Lipinski definition) is 0. The van der Waals surface area contributed by atoms with Crippen LogP contribution < -0.4 is 0 Å². The van der Waals surface area contributed by atoms with Crippen molar-refractivity contribution in [2.24, 2.45) is 11.8 Å². The normalized spacial score (nSPS) is 25.5. The van der Waals surface area contributed by atoms with Crippen molar-refractivity contribution in [3.05, 3.63) is 29.3 Å². The average Bonchev–Trinajstić information content (AvgIpc) is 2.31. The first-order valence-electron chi connectivity index (χ1n) is 6.88. The Morgan fingerprint density at radius 2 is 1.68 bits per heavy atom. The molecule has 2 rings (SSSR count). The summed E-state index contributed by atoms with van der Waals surface area (Å²) in [5.41, 5.74) is 1.82. The van der Waals surface area contributed by atoms with Gasteiger partial charge in [-0.3, -0.25) is 0 Å². The van der Waals surface area contributed by atoms with E-state index in [9.17, 15) is 8.42 Å². The second kappa shape index (κ2) is 5.25. The van der Waals surface area contributed by atoms with Crippen LogP contribution in [0.1, 0.15) is 31.4 Å². The highest BCUT2D eigenvalue weighted by Gasteiger charge is 2.32. The van der Waals surface area contributed by atoms with Gasteiger partial charge >= 0.3 is 0 Å². The Morgan fingerprint density at radius 3 is 2.26 bits per heavy atom. The summed E-state index contributed by atoms with van der Waals surface area (Å²) in [6, 6.07) is 5.63. The molecule has 1 aromatic rings. The van der Waals surface area contributed by atoms with Crippen LogP contribution in [0.5, 0.6) is 0 Å². The van der Waals surface area contributed by atoms with E-state index >= 15 is 0 Å². The van der Waals surface area contributed by atoms with Crippen molar-refractivity contribution < 1.29 is 8.42 Å². The van der Waals surface area contributed by atoms with Gasteiger partial charge in [-0.1, -0.05) is 26.0 Å². The molecular formula is C15H23NO2S. The maximum Gasteiger partial charge on any atom is 0.243 e. The van der Waals surface area contributed by atoms with Crippen molar-refractivity contribution >= 4 is 10.0 Å². The number of benzene rings is 1. The summed E-state index contributed by atoms with van der Waals surface area (Å²) in [6.45, 7) is 9.33. The zero-order valence-corrected chi connectivity index (χ0v) is 13.0. The molecule has 0 N–H and O–H groups in total. The topological polar surface area (TPSA) is 37.4 Å². The lowest BCUT2D eigenvalue weighted by molar-refractivity contribution is 0.222. The van der Waals surface area contributed by atoms with Gasteiger partial charge in [-0.2, -0.15) is 4.31 Å². The van der Waals surface area contributed by atoms with E-state index in [-0.39, 0.29) is 0 Å². The van der Waals surface area contributed by atoms with Gasteiger partial charge in [-0.25, -0.2) is 8.42 Å². The first-order valence-corrected chi connectivity index (χ1v) is 8.32. The molecule has 19 heavy (non-hydrogen) atoms. The lowest BCUT2D eigenvalue weighted by atomic mass is 9.94. The standard InChI is InChI=1S/C15H23NO2S/c1-11-5-6-14(4)15(8-11)19(17,18)16-9-12(2)7-13(3)10-16/h5-6,8,12-13H,7,9-10H2,1-4H3/t12-,13-/m1/s1. The van der Waals surface area contributed by atoms with Crippen LogP contribution in [0.15, 0.2) is 23.1 Å². The largest absolute Gasteiger partial charge is 0.243 e. The smallest absolute Gasteiger partial charge is 0.207 e. The maximum atomic E-state index is 12.8. The molecule has 2 atom stereocenters. The first kappa shape index (κ1) is 14.5. The molecule has 1 fully saturated rings. The van der Waals surface area contributed by atoms with Gasteiger partial charge in [0, 0.05) is 13.1 Å². The Balaban J connectivity index is 2.39. The van der Waals surface area contributed by atoms with Crippen molar-refractivity contribution in [1.82, 2.24) is 4.31 Å². The molecule has 0 saturated carbocycles. The third kappa shape index (κ3) is 3.00. The first-order chi connectivity index (χ1) is 8.80. The van der Waals surface area contributed by atoms with E-state index in [1.54, 1.807) is 10.4 Å². The highest BCUT2D eigenvalue weighted by atomic mass is 32.2. The quantitative estimate of drug-likeness (QED) is 0.835. The minimum Gasteiger partial charge on any atom is -0.207 e. The van der Waals surface area contributed by atoms with Crippen molar-refractivity contribution in [2.45, 2.75) is 39.0 Å². The number of piperidine rings is 1. The summed E-state index contributed by atoms with van der Waals surface area (Å²) in [5, 5.41) is 0. The Morgan fingerprint density at radius 1 is 1.11 bits per heavy atom. The van der Waals surface area contributed by atoms with E-state index in [4.69, 9.17) is 0 Å². The van der Waals surface area contributed by atoms with Crippen LogP contribution in [0.4, 0.5) is 0 Å². The van der Waals surface area contributed by atoms with Crippen molar-refractivity contribution in [3.63, 3.8) is 0 Å². The summed E-state index contributed by atoms with van der Waals surface area (Å²) < 4.78 is 27.2. The van der Waals surface area contributed by atoms with E-state index < -0.39 is 10.0 Å². The molecule has 0 aliphatic carbocycles. The SMILES string of the molecule is Cc1ccc(C)c(S(=O)(=O)N2C[C@H](C)C[C@@H](C)C2)c1. The number of sulfonamides is 1. The molecule has 0 aromatic heterocycles. The maximum absolute atomic E-state index is 12.8. The third-order valence-corrected chi connectivity index (χ3v) is 5.77. The molecule has 0 bridgehead atoms. The predicted molar refractivity (Wildman–Crippen MR) is 77.6 cm³/mol. The van der Waals surface area contributed by atoms with E-state index in [0.717, 1.165) is 17.5 Å². The second-order valence-electron chi connectivity index (χ2n) is 6.04. The van der Waals surface area contributed by atoms with Crippen LogP contribution in [0.25, 0.3) is 0 Å². The number of rotatable bonds is 2. The molecule has 1 aliphatic heterocycles. The predicted octanol–water partition coefficient (Wildman–Crippen LogP) is 2.97. The van der Waals surface area contributed by atoms with E-state index in [1.807, 2.05) is 26.0 Å². The van der Waals surface area contributed by atoms with Gasteiger partial charge < -0.3 is 0 Å². The van der Waals surface area contributed by atoms with Gasteiger partial charge in [0.25, 0.3) is 0 Å². The van der Waals surface area contributed by atoms with Crippen molar-refractivity contribution in [1.29, 1.82) is 0 Å². The van der Waals surface area contributed by atoms with E-state index in [2.05, 4.69) is 13.8 Å². The highest BCUT2D eigenvalue weighted by Crippen LogP contribution is 2.28. The van der Waals surface area contributed by atoms with Crippen LogP contribution in [-0.4, -0.2) is 25.8 Å². The lowest BCUT2D eigenvalue weighted by Gasteiger charge is -2.34. The van der Waals surface area contributed by atoms with Crippen molar-refractivity contribution in [3.8, 4) is 0 Å². The fraction of sp³-hybridized carbons (Fsp3) is 0.600. The Kier molecular flexibility index (Phi) is 4.02. The molecule has 0 unspecified atom stereocenters. The molecule has 0 spiro atoms. The van der Waals surface area contributed by atoms with Crippen LogP contribution in [-0.2, 0) is 10.0 Å². The monoisotopic (exact) mass is 281 g/mol. The summed E-state index contributed by atoms with van der Waals surface area (Å²) >= 11 is 0.